The summed E-state index contributed by atoms with van der Waals surface area (Å²) in [6.07, 6.45) is -3.86. The maximum atomic E-state index is 12.7. The molecule has 0 heterocycles. The Labute approximate surface area is 104 Å². The van der Waals surface area contributed by atoms with Crippen LogP contribution in [0.3, 0.4) is 0 Å². The molecular weight excluding hydrogens is 305 g/mol. The number of benzene rings is 1. The molecule has 1 aromatic rings. The third-order valence-corrected chi connectivity index (χ3v) is 3.46. The van der Waals surface area contributed by atoms with Gasteiger partial charge in [-0.2, -0.15) is 13.2 Å². The van der Waals surface area contributed by atoms with Crippen molar-refractivity contribution >= 4 is 27.7 Å². The van der Waals surface area contributed by atoms with Gasteiger partial charge in [0.15, 0.2) is 0 Å². The van der Waals surface area contributed by atoms with Gasteiger partial charge >= 0.3 is 6.18 Å². The van der Waals surface area contributed by atoms with Gasteiger partial charge in [0.25, 0.3) is 0 Å². The minimum atomic E-state index is -4.34. The minimum absolute atomic E-state index is 0.00905. The normalized spacial score (nSPS) is 11.8. The summed E-state index contributed by atoms with van der Waals surface area (Å²) in [5.41, 5.74) is -0.634. The number of hydrogen-bond acceptors (Lipinski definition) is 2. The molecule has 1 rings (SSSR count). The highest BCUT2D eigenvalue weighted by molar-refractivity contribution is 9.10. The van der Waals surface area contributed by atoms with Crippen molar-refractivity contribution in [2.45, 2.75) is 17.5 Å². The van der Waals surface area contributed by atoms with Gasteiger partial charge in [0.2, 0.25) is 0 Å². The van der Waals surface area contributed by atoms with Crippen LogP contribution in [-0.2, 0) is 6.18 Å². The van der Waals surface area contributed by atoms with Gasteiger partial charge in [0.1, 0.15) is 0 Å². The molecule has 0 radical (unpaired) electrons. The Hall–Kier alpha value is -0.200. The van der Waals surface area contributed by atoms with Crippen LogP contribution >= 0.6 is 27.7 Å². The van der Waals surface area contributed by atoms with Crippen LogP contribution in [0.2, 0.25) is 0 Å². The Morgan fingerprint density at radius 2 is 2.00 bits per heavy atom. The predicted molar refractivity (Wildman–Crippen MR) is 61.6 cm³/mol. The van der Waals surface area contributed by atoms with Crippen molar-refractivity contribution in [3.05, 3.63) is 28.2 Å². The van der Waals surface area contributed by atoms with Gasteiger partial charge in [0, 0.05) is 21.7 Å². The predicted octanol–water partition coefficient (Wildman–Crippen LogP) is 3.94. The van der Waals surface area contributed by atoms with E-state index >= 15 is 0 Å². The molecule has 0 aromatic heterocycles. The summed E-state index contributed by atoms with van der Waals surface area (Å²) in [5.74, 6) is 0.473. The highest BCUT2D eigenvalue weighted by Gasteiger charge is 2.33. The molecule has 1 aromatic carbocycles. The van der Waals surface area contributed by atoms with Crippen LogP contribution in [0, 0.1) is 0 Å². The second kappa shape index (κ2) is 5.93. The standard InChI is InChI=1S/C10H10BrF3OS/c11-7-2-3-9(16-5-1-4-15)8(6-7)10(12,13)14/h2-3,6,15H,1,4-5H2. The summed E-state index contributed by atoms with van der Waals surface area (Å²) >= 11 is 4.13. The number of aliphatic hydroxyl groups excluding tert-OH is 1. The molecule has 0 aliphatic heterocycles. The maximum absolute atomic E-state index is 12.7. The zero-order valence-corrected chi connectivity index (χ0v) is 10.6. The molecule has 0 fully saturated rings. The second-order valence-corrected chi connectivity index (χ2v) is 5.12. The van der Waals surface area contributed by atoms with Gasteiger partial charge in [-0.1, -0.05) is 15.9 Å². The molecule has 0 amide bonds. The Balaban J connectivity index is 2.90. The van der Waals surface area contributed by atoms with E-state index in [0.29, 0.717) is 16.6 Å². The summed E-state index contributed by atoms with van der Waals surface area (Å²) in [7, 11) is 0. The molecule has 0 saturated heterocycles. The zero-order valence-electron chi connectivity index (χ0n) is 8.22. The van der Waals surface area contributed by atoms with E-state index in [1.165, 1.54) is 6.07 Å². The fourth-order valence-electron chi connectivity index (χ4n) is 1.10. The van der Waals surface area contributed by atoms with E-state index in [-0.39, 0.29) is 11.5 Å². The molecule has 0 aliphatic carbocycles. The van der Waals surface area contributed by atoms with Crippen LogP contribution in [0.1, 0.15) is 12.0 Å². The third kappa shape index (κ3) is 3.99. The van der Waals surface area contributed by atoms with Crippen molar-refractivity contribution < 1.29 is 18.3 Å². The van der Waals surface area contributed by atoms with E-state index in [1.807, 2.05) is 0 Å². The molecule has 0 unspecified atom stereocenters. The topological polar surface area (TPSA) is 20.2 Å². The largest absolute Gasteiger partial charge is 0.417 e. The lowest BCUT2D eigenvalue weighted by Crippen LogP contribution is -2.07. The average Bonchev–Trinajstić information content (AvgIpc) is 2.19. The highest BCUT2D eigenvalue weighted by Crippen LogP contribution is 2.38. The molecule has 0 saturated carbocycles. The maximum Gasteiger partial charge on any atom is 0.417 e. The Morgan fingerprint density at radius 1 is 1.31 bits per heavy atom. The van der Waals surface area contributed by atoms with Crippen LogP contribution < -0.4 is 0 Å². The monoisotopic (exact) mass is 314 g/mol. The molecule has 0 bridgehead atoms. The number of aliphatic hydroxyl groups is 1. The lowest BCUT2D eigenvalue weighted by molar-refractivity contribution is -0.139. The summed E-state index contributed by atoms with van der Waals surface area (Å²) in [6, 6.07) is 4.09. The number of thioether (sulfide) groups is 1. The van der Waals surface area contributed by atoms with Gasteiger partial charge in [0.05, 0.1) is 5.56 Å². The van der Waals surface area contributed by atoms with Crippen LogP contribution in [0.5, 0.6) is 0 Å². The molecule has 90 valence electrons. The van der Waals surface area contributed by atoms with Gasteiger partial charge in [-0.15, -0.1) is 11.8 Å². The lowest BCUT2D eigenvalue weighted by Gasteiger charge is -2.12. The quantitative estimate of drug-likeness (QED) is 0.671. The van der Waals surface area contributed by atoms with Gasteiger partial charge in [-0.25, -0.2) is 0 Å². The third-order valence-electron chi connectivity index (χ3n) is 1.81. The number of rotatable bonds is 4. The van der Waals surface area contributed by atoms with Crippen molar-refractivity contribution in [3.63, 3.8) is 0 Å². The summed E-state index contributed by atoms with van der Waals surface area (Å²) < 4.78 is 38.4. The van der Waals surface area contributed by atoms with Crippen molar-refractivity contribution in [2.24, 2.45) is 0 Å². The van der Waals surface area contributed by atoms with E-state index in [1.54, 1.807) is 6.07 Å². The van der Waals surface area contributed by atoms with Crippen LogP contribution in [0.4, 0.5) is 13.2 Å². The van der Waals surface area contributed by atoms with Crippen molar-refractivity contribution in [2.75, 3.05) is 12.4 Å². The minimum Gasteiger partial charge on any atom is -0.396 e. The molecule has 1 nitrogen and oxygen atoms in total. The van der Waals surface area contributed by atoms with Gasteiger partial charge in [-0.3, -0.25) is 0 Å². The number of alkyl halides is 3. The highest BCUT2D eigenvalue weighted by atomic mass is 79.9. The fourth-order valence-corrected chi connectivity index (χ4v) is 2.45. The fraction of sp³-hybridized carbons (Fsp3) is 0.400. The molecular formula is C10H10BrF3OS. The van der Waals surface area contributed by atoms with Gasteiger partial charge in [-0.05, 0) is 24.6 Å². The Bertz CT molecular complexity index is 354. The molecule has 1 N–H and O–H groups in total. The zero-order chi connectivity index (χ0) is 12.2. The number of hydrogen-bond donors (Lipinski definition) is 1. The molecule has 0 aliphatic rings. The first kappa shape index (κ1) is 13.9. The summed E-state index contributed by atoms with van der Waals surface area (Å²) in [6.45, 7) is -0.00905. The molecule has 0 atom stereocenters. The first-order valence-electron chi connectivity index (χ1n) is 4.55. The lowest BCUT2D eigenvalue weighted by atomic mass is 10.2. The molecule has 16 heavy (non-hydrogen) atoms. The number of halogens is 4. The van der Waals surface area contributed by atoms with Gasteiger partial charge < -0.3 is 5.11 Å². The van der Waals surface area contributed by atoms with Crippen LogP contribution in [0.15, 0.2) is 27.6 Å². The summed E-state index contributed by atoms with van der Waals surface area (Å²) in [5, 5.41) is 8.57. The first-order chi connectivity index (χ1) is 7.45. The van der Waals surface area contributed by atoms with Crippen molar-refractivity contribution in [1.29, 1.82) is 0 Å². The second-order valence-electron chi connectivity index (χ2n) is 3.06. The molecule has 6 heteroatoms. The van der Waals surface area contributed by atoms with Crippen LogP contribution in [0.25, 0.3) is 0 Å². The van der Waals surface area contributed by atoms with E-state index < -0.39 is 11.7 Å². The smallest absolute Gasteiger partial charge is 0.396 e. The van der Waals surface area contributed by atoms with E-state index in [2.05, 4.69) is 15.9 Å². The summed E-state index contributed by atoms with van der Waals surface area (Å²) in [4.78, 5) is 0.198. The average molecular weight is 315 g/mol. The van der Waals surface area contributed by atoms with E-state index in [0.717, 1.165) is 17.8 Å². The van der Waals surface area contributed by atoms with Crippen molar-refractivity contribution in [3.8, 4) is 0 Å². The van der Waals surface area contributed by atoms with E-state index in [4.69, 9.17) is 5.11 Å². The molecule has 0 spiro atoms. The van der Waals surface area contributed by atoms with Crippen LogP contribution in [-0.4, -0.2) is 17.5 Å². The Kier molecular flexibility index (Phi) is 5.14. The van der Waals surface area contributed by atoms with Crippen molar-refractivity contribution in [1.82, 2.24) is 0 Å². The first-order valence-corrected chi connectivity index (χ1v) is 6.33. The van der Waals surface area contributed by atoms with E-state index in [9.17, 15) is 13.2 Å². The SMILES string of the molecule is OCCCSc1ccc(Br)cc1C(F)(F)F. The Morgan fingerprint density at radius 3 is 2.56 bits per heavy atom.